The fourth-order valence-electron chi connectivity index (χ4n) is 2.83. The first-order valence-corrected chi connectivity index (χ1v) is 7.98. The normalized spacial score (nSPS) is 17.3. The molecule has 3 N–H and O–H groups in total. The van der Waals surface area contributed by atoms with Crippen LogP contribution in [-0.4, -0.2) is 35.4 Å². The number of hydrogen-bond donors (Lipinski definition) is 2. The van der Waals surface area contributed by atoms with Gasteiger partial charge >= 0.3 is 0 Å². The van der Waals surface area contributed by atoms with E-state index in [4.69, 9.17) is 5.73 Å². The number of pyridine rings is 1. The molecule has 1 amide bonds. The van der Waals surface area contributed by atoms with Gasteiger partial charge in [0, 0.05) is 43.3 Å². The van der Waals surface area contributed by atoms with Gasteiger partial charge in [-0.3, -0.25) is 9.78 Å². The number of likely N-dealkylation sites (tertiary alicyclic amines) is 1. The Labute approximate surface area is 136 Å². The highest BCUT2D eigenvalue weighted by Crippen LogP contribution is 2.19. The Kier molecular flexibility index (Phi) is 4.88. The van der Waals surface area contributed by atoms with Crippen molar-refractivity contribution in [3.8, 4) is 0 Å². The van der Waals surface area contributed by atoms with E-state index in [-0.39, 0.29) is 5.91 Å². The smallest absolute Gasteiger partial charge is 0.253 e. The molecule has 0 spiro atoms. The van der Waals surface area contributed by atoms with Crippen molar-refractivity contribution in [1.29, 1.82) is 0 Å². The zero-order chi connectivity index (χ0) is 16.1. The van der Waals surface area contributed by atoms with Gasteiger partial charge in [-0.15, -0.1) is 0 Å². The molecule has 2 aromatic rings. The summed E-state index contributed by atoms with van der Waals surface area (Å²) in [7, 11) is 0. The van der Waals surface area contributed by atoms with Crippen LogP contribution in [0.5, 0.6) is 0 Å². The second-order valence-electron chi connectivity index (χ2n) is 5.93. The highest BCUT2D eigenvalue weighted by molar-refractivity contribution is 5.94. The SMILES string of the molecule is NCC1CCN(C(=O)c2ccc(NCc3ccncc3)cc2)C1. The lowest BCUT2D eigenvalue weighted by Gasteiger charge is -2.16. The Morgan fingerprint density at radius 1 is 1.22 bits per heavy atom. The topological polar surface area (TPSA) is 71.2 Å². The van der Waals surface area contributed by atoms with Gasteiger partial charge in [-0.2, -0.15) is 0 Å². The van der Waals surface area contributed by atoms with Crippen LogP contribution < -0.4 is 11.1 Å². The van der Waals surface area contributed by atoms with Crippen molar-refractivity contribution in [3.05, 3.63) is 59.9 Å². The first-order chi connectivity index (χ1) is 11.3. The van der Waals surface area contributed by atoms with E-state index in [1.807, 2.05) is 41.3 Å². The third-order valence-corrected chi connectivity index (χ3v) is 4.28. The average molecular weight is 310 g/mol. The molecule has 1 unspecified atom stereocenters. The van der Waals surface area contributed by atoms with E-state index in [2.05, 4.69) is 10.3 Å². The molecule has 0 aliphatic carbocycles. The Hall–Kier alpha value is -2.40. The molecule has 0 saturated carbocycles. The summed E-state index contributed by atoms with van der Waals surface area (Å²) >= 11 is 0. The van der Waals surface area contributed by atoms with E-state index in [0.29, 0.717) is 12.5 Å². The molecule has 23 heavy (non-hydrogen) atoms. The first-order valence-electron chi connectivity index (χ1n) is 7.98. The van der Waals surface area contributed by atoms with E-state index in [9.17, 15) is 4.79 Å². The number of amides is 1. The van der Waals surface area contributed by atoms with Gasteiger partial charge in [-0.25, -0.2) is 0 Å². The molecule has 1 aliphatic heterocycles. The van der Waals surface area contributed by atoms with Gasteiger partial charge in [0.05, 0.1) is 0 Å². The maximum absolute atomic E-state index is 12.5. The number of nitrogens with one attached hydrogen (secondary N) is 1. The van der Waals surface area contributed by atoms with Gasteiger partial charge in [0.2, 0.25) is 0 Å². The summed E-state index contributed by atoms with van der Waals surface area (Å²) in [6.07, 6.45) is 4.57. The highest BCUT2D eigenvalue weighted by Gasteiger charge is 2.25. The third-order valence-electron chi connectivity index (χ3n) is 4.28. The summed E-state index contributed by atoms with van der Waals surface area (Å²) < 4.78 is 0. The van der Waals surface area contributed by atoms with Crippen molar-refractivity contribution in [1.82, 2.24) is 9.88 Å². The molecule has 120 valence electrons. The number of carbonyl (C=O) groups excluding carboxylic acids is 1. The molecule has 1 saturated heterocycles. The average Bonchev–Trinajstić information content (AvgIpc) is 3.10. The molecule has 1 atom stereocenters. The van der Waals surface area contributed by atoms with Gasteiger partial charge in [0.15, 0.2) is 0 Å². The minimum atomic E-state index is 0.0987. The summed E-state index contributed by atoms with van der Waals surface area (Å²) in [5.41, 5.74) is 8.59. The predicted octanol–water partition coefficient (Wildman–Crippen LogP) is 2.11. The second-order valence-corrected chi connectivity index (χ2v) is 5.93. The summed E-state index contributed by atoms with van der Waals surface area (Å²) in [6, 6.07) is 11.6. The molecule has 1 aliphatic rings. The summed E-state index contributed by atoms with van der Waals surface area (Å²) in [5.74, 6) is 0.543. The molecule has 0 radical (unpaired) electrons. The van der Waals surface area contributed by atoms with Crippen LogP contribution in [0.1, 0.15) is 22.3 Å². The van der Waals surface area contributed by atoms with Gasteiger partial charge < -0.3 is 16.0 Å². The van der Waals surface area contributed by atoms with Crippen LogP contribution in [-0.2, 0) is 6.54 Å². The van der Waals surface area contributed by atoms with Crippen LogP contribution in [0.3, 0.4) is 0 Å². The Bertz CT molecular complexity index is 642. The fraction of sp³-hybridized carbons (Fsp3) is 0.333. The Morgan fingerprint density at radius 3 is 2.61 bits per heavy atom. The van der Waals surface area contributed by atoms with Gasteiger partial charge in [0.1, 0.15) is 0 Å². The molecule has 3 rings (SSSR count). The number of carbonyl (C=O) groups is 1. The van der Waals surface area contributed by atoms with E-state index in [1.54, 1.807) is 12.4 Å². The summed E-state index contributed by atoms with van der Waals surface area (Å²) in [5, 5.41) is 3.34. The third kappa shape index (κ3) is 3.87. The molecule has 1 aromatic heterocycles. The van der Waals surface area contributed by atoms with E-state index >= 15 is 0 Å². The zero-order valence-corrected chi connectivity index (χ0v) is 13.1. The van der Waals surface area contributed by atoms with E-state index in [1.165, 1.54) is 5.56 Å². The fourth-order valence-corrected chi connectivity index (χ4v) is 2.83. The maximum Gasteiger partial charge on any atom is 0.253 e. The van der Waals surface area contributed by atoms with Crippen molar-refractivity contribution in [3.63, 3.8) is 0 Å². The van der Waals surface area contributed by atoms with Crippen LogP contribution in [0.4, 0.5) is 5.69 Å². The molecule has 1 aromatic carbocycles. The quantitative estimate of drug-likeness (QED) is 0.887. The number of benzene rings is 1. The molecule has 5 heteroatoms. The molecular formula is C18H22N4O. The van der Waals surface area contributed by atoms with Crippen molar-refractivity contribution < 1.29 is 4.79 Å². The number of nitrogens with zero attached hydrogens (tertiary/aromatic N) is 2. The van der Waals surface area contributed by atoms with Gasteiger partial charge in [-0.1, -0.05) is 0 Å². The number of nitrogens with two attached hydrogens (primary N) is 1. The van der Waals surface area contributed by atoms with Crippen LogP contribution in [0.2, 0.25) is 0 Å². The lowest BCUT2D eigenvalue weighted by Crippen LogP contribution is -2.29. The highest BCUT2D eigenvalue weighted by atomic mass is 16.2. The monoisotopic (exact) mass is 310 g/mol. The predicted molar refractivity (Wildman–Crippen MR) is 91.1 cm³/mol. The number of hydrogen-bond acceptors (Lipinski definition) is 4. The van der Waals surface area contributed by atoms with Crippen molar-refractivity contribution in [2.45, 2.75) is 13.0 Å². The number of rotatable bonds is 5. The van der Waals surface area contributed by atoms with Crippen LogP contribution in [0, 0.1) is 5.92 Å². The van der Waals surface area contributed by atoms with Crippen molar-refractivity contribution in [2.24, 2.45) is 11.7 Å². The van der Waals surface area contributed by atoms with Crippen LogP contribution in [0.15, 0.2) is 48.8 Å². The van der Waals surface area contributed by atoms with E-state index < -0.39 is 0 Å². The molecule has 2 heterocycles. The van der Waals surface area contributed by atoms with Crippen LogP contribution in [0.25, 0.3) is 0 Å². The number of anilines is 1. The lowest BCUT2D eigenvalue weighted by atomic mass is 10.1. The summed E-state index contributed by atoms with van der Waals surface area (Å²) in [6.45, 7) is 2.97. The summed E-state index contributed by atoms with van der Waals surface area (Å²) in [4.78, 5) is 18.4. The number of aromatic nitrogens is 1. The van der Waals surface area contributed by atoms with Gasteiger partial charge in [0.25, 0.3) is 5.91 Å². The first kappa shape index (κ1) is 15.5. The van der Waals surface area contributed by atoms with Crippen LogP contribution >= 0.6 is 0 Å². The second kappa shape index (κ2) is 7.24. The lowest BCUT2D eigenvalue weighted by molar-refractivity contribution is 0.0787. The molecule has 1 fully saturated rings. The van der Waals surface area contributed by atoms with Gasteiger partial charge in [-0.05, 0) is 60.8 Å². The Morgan fingerprint density at radius 2 is 1.96 bits per heavy atom. The standard InChI is InChI=1S/C18H22N4O/c19-11-15-7-10-22(13-15)18(23)16-1-3-17(4-2-16)21-12-14-5-8-20-9-6-14/h1-6,8-9,15,21H,7,10-13,19H2. The Balaban J connectivity index is 1.57. The van der Waals surface area contributed by atoms with Crippen molar-refractivity contribution >= 4 is 11.6 Å². The minimum Gasteiger partial charge on any atom is -0.381 e. The molecular weight excluding hydrogens is 288 g/mol. The van der Waals surface area contributed by atoms with E-state index in [0.717, 1.165) is 37.3 Å². The maximum atomic E-state index is 12.5. The largest absolute Gasteiger partial charge is 0.381 e. The zero-order valence-electron chi connectivity index (χ0n) is 13.1. The molecule has 0 bridgehead atoms. The molecule has 5 nitrogen and oxygen atoms in total. The van der Waals surface area contributed by atoms with Crippen molar-refractivity contribution in [2.75, 3.05) is 25.0 Å². The minimum absolute atomic E-state index is 0.0987.